The first kappa shape index (κ1) is 15.7. The number of aryl methyl sites for hydroxylation is 1. The van der Waals surface area contributed by atoms with Crippen LogP contribution >= 0.6 is 0 Å². The van der Waals surface area contributed by atoms with Crippen LogP contribution in [-0.4, -0.2) is 11.3 Å². The molecule has 1 heterocycles. The molecule has 0 aliphatic rings. The van der Waals surface area contributed by atoms with Gasteiger partial charge < -0.3 is 11.1 Å². The number of aromatic nitrogens is 1. The number of nitrogens with one attached hydrogen (secondary N) is 1. The van der Waals surface area contributed by atoms with Crippen LogP contribution in [0.5, 0.6) is 0 Å². The third-order valence-electron chi connectivity index (χ3n) is 3.96. The van der Waals surface area contributed by atoms with Crippen LogP contribution in [0.3, 0.4) is 0 Å². The van der Waals surface area contributed by atoms with Crippen LogP contribution in [0.1, 0.15) is 22.8 Å². The van der Waals surface area contributed by atoms with Gasteiger partial charge in [-0.15, -0.1) is 0 Å². The number of hydrogen-bond acceptors (Lipinski definition) is 4. The first-order valence-corrected chi connectivity index (χ1v) is 7.88. The molecule has 0 fully saturated rings. The fraction of sp³-hybridized carbons (Fsp3) is 0.100. The quantitative estimate of drug-likeness (QED) is 0.682. The lowest BCUT2D eigenvalue weighted by Gasteiger charge is -2.15. The largest absolute Gasteiger partial charge is 0.396 e. The van der Waals surface area contributed by atoms with E-state index in [4.69, 9.17) is 5.73 Å². The van der Waals surface area contributed by atoms with Crippen molar-refractivity contribution in [1.29, 1.82) is 0 Å². The van der Waals surface area contributed by atoms with Crippen molar-refractivity contribution >= 4 is 23.5 Å². The minimum absolute atomic E-state index is 0.578. The molecule has 3 rings (SSSR count). The normalized spacial score (nSPS) is 10.4. The Kier molecular flexibility index (Phi) is 4.57. The van der Waals surface area contributed by atoms with E-state index in [2.05, 4.69) is 29.4 Å². The van der Waals surface area contributed by atoms with Gasteiger partial charge in [-0.3, -0.25) is 4.79 Å². The summed E-state index contributed by atoms with van der Waals surface area (Å²) >= 11 is 0. The van der Waals surface area contributed by atoms with E-state index in [1.165, 1.54) is 5.56 Å². The van der Waals surface area contributed by atoms with Crippen molar-refractivity contribution in [2.75, 3.05) is 11.1 Å². The third kappa shape index (κ3) is 3.13. The second-order valence-electron chi connectivity index (χ2n) is 5.50. The Morgan fingerprint density at radius 1 is 1.08 bits per heavy atom. The Morgan fingerprint density at radius 2 is 1.92 bits per heavy atom. The number of anilines is 3. The molecule has 0 aliphatic heterocycles. The minimum Gasteiger partial charge on any atom is -0.396 e. The van der Waals surface area contributed by atoms with Crippen molar-refractivity contribution < 1.29 is 4.79 Å². The van der Waals surface area contributed by atoms with E-state index < -0.39 is 0 Å². The maximum Gasteiger partial charge on any atom is 0.153 e. The van der Waals surface area contributed by atoms with Crippen molar-refractivity contribution in [2.24, 2.45) is 0 Å². The molecule has 3 aromatic rings. The van der Waals surface area contributed by atoms with Gasteiger partial charge in [-0.1, -0.05) is 43.3 Å². The van der Waals surface area contributed by atoms with Crippen molar-refractivity contribution in [1.82, 2.24) is 4.98 Å². The first-order chi connectivity index (χ1) is 11.7. The second kappa shape index (κ2) is 6.96. The molecule has 4 heteroatoms. The van der Waals surface area contributed by atoms with Crippen LogP contribution in [0.4, 0.5) is 17.2 Å². The second-order valence-corrected chi connectivity index (χ2v) is 5.50. The van der Waals surface area contributed by atoms with E-state index in [-0.39, 0.29) is 0 Å². The summed E-state index contributed by atoms with van der Waals surface area (Å²) in [5, 5.41) is 3.31. The van der Waals surface area contributed by atoms with E-state index in [1.54, 1.807) is 18.3 Å². The number of nitrogens with two attached hydrogens (primary N) is 1. The topological polar surface area (TPSA) is 68.0 Å². The fourth-order valence-corrected chi connectivity index (χ4v) is 2.64. The van der Waals surface area contributed by atoms with Gasteiger partial charge in [0.1, 0.15) is 0 Å². The van der Waals surface area contributed by atoms with E-state index >= 15 is 0 Å². The molecule has 0 unspecified atom stereocenters. The Labute approximate surface area is 141 Å². The van der Waals surface area contributed by atoms with Crippen LogP contribution in [0.15, 0.2) is 60.8 Å². The lowest BCUT2D eigenvalue weighted by molar-refractivity contribution is 0.112. The highest BCUT2D eigenvalue weighted by Gasteiger charge is 2.11. The van der Waals surface area contributed by atoms with Crippen molar-refractivity contribution in [3.63, 3.8) is 0 Å². The van der Waals surface area contributed by atoms with Crippen molar-refractivity contribution in [2.45, 2.75) is 13.3 Å². The number of carbonyl (C=O) groups is 1. The van der Waals surface area contributed by atoms with E-state index in [0.29, 0.717) is 17.1 Å². The number of hydrogen-bond donors (Lipinski definition) is 2. The van der Waals surface area contributed by atoms with Crippen LogP contribution in [0.25, 0.3) is 11.1 Å². The molecule has 0 saturated heterocycles. The highest BCUT2D eigenvalue weighted by atomic mass is 16.1. The molecule has 3 N–H and O–H groups in total. The average Bonchev–Trinajstić information content (AvgIpc) is 2.63. The summed E-state index contributed by atoms with van der Waals surface area (Å²) in [7, 11) is 0. The van der Waals surface area contributed by atoms with Crippen molar-refractivity contribution in [3.05, 3.63) is 71.9 Å². The highest BCUT2D eigenvalue weighted by molar-refractivity contribution is 5.92. The molecule has 0 spiro atoms. The summed E-state index contributed by atoms with van der Waals surface area (Å²) in [6, 6.07) is 17.3. The molecule has 0 amide bonds. The molecule has 0 bridgehead atoms. The number of rotatable bonds is 5. The number of carbonyl (C=O) groups excluding carboxylic acids is 1. The van der Waals surface area contributed by atoms with Crippen molar-refractivity contribution in [3.8, 4) is 11.1 Å². The smallest absolute Gasteiger partial charge is 0.153 e. The monoisotopic (exact) mass is 317 g/mol. The molecular weight excluding hydrogens is 298 g/mol. The lowest BCUT2D eigenvalue weighted by Crippen LogP contribution is -2.01. The highest BCUT2D eigenvalue weighted by Crippen LogP contribution is 2.33. The number of nitrogen functional groups attached to an aromatic ring is 1. The number of benzene rings is 2. The summed E-state index contributed by atoms with van der Waals surface area (Å²) in [4.78, 5) is 15.7. The Balaban J connectivity index is 2.13. The Morgan fingerprint density at radius 3 is 2.67 bits per heavy atom. The zero-order valence-electron chi connectivity index (χ0n) is 13.5. The summed E-state index contributed by atoms with van der Waals surface area (Å²) < 4.78 is 0. The molecule has 0 radical (unpaired) electrons. The molecule has 120 valence electrons. The van der Waals surface area contributed by atoms with Gasteiger partial charge in [0.2, 0.25) is 0 Å². The van der Waals surface area contributed by atoms with Gasteiger partial charge in [0.15, 0.2) is 12.1 Å². The lowest BCUT2D eigenvalue weighted by atomic mass is 9.97. The average molecular weight is 317 g/mol. The zero-order valence-corrected chi connectivity index (χ0v) is 13.5. The van der Waals surface area contributed by atoms with E-state index in [0.717, 1.165) is 29.5 Å². The predicted molar refractivity (Wildman–Crippen MR) is 98.6 cm³/mol. The van der Waals surface area contributed by atoms with E-state index in [1.807, 2.05) is 30.3 Å². The molecule has 0 saturated carbocycles. The summed E-state index contributed by atoms with van der Waals surface area (Å²) in [5.41, 5.74) is 11.1. The van der Waals surface area contributed by atoms with Gasteiger partial charge >= 0.3 is 0 Å². The first-order valence-electron chi connectivity index (χ1n) is 7.88. The molecule has 24 heavy (non-hydrogen) atoms. The van der Waals surface area contributed by atoms with Gasteiger partial charge in [0, 0.05) is 23.0 Å². The maximum atomic E-state index is 11.4. The molecule has 1 aromatic heterocycles. The van der Waals surface area contributed by atoms with Crippen LogP contribution in [0, 0.1) is 0 Å². The fourth-order valence-electron chi connectivity index (χ4n) is 2.64. The molecular formula is C20H19N3O. The number of nitrogens with zero attached hydrogens (tertiary/aromatic N) is 1. The van der Waals surface area contributed by atoms with Crippen LogP contribution in [-0.2, 0) is 6.42 Å². The summed E-state index contributed by atoms with van der Waals surface area (Å²) in [5.74, 6) is 0.607. The Bertz CT molecular complexity index is 874. The molecule has 4 nitrogen and oxygen atoms in total. The zero-order chi connectivity index (χ0) is 16.9. The summed E-state index contributed by atoms with van der Waals surface area (Å²) in [6.07, 6.45) is 3.49. The van der Waals surface area contributed by atoms with Crippen LogP contribution in [0.2, 0.25) is 0 Å². The molecule has 2 aromatic carbocycles. The van der Waals surface area contributed by atoms with Crippen LogP contribution < -0.4 is 11.1 Å². The number of aldehydes is 1. The predicted octanol–water partition coefficient (Wildman–Crippen LogP) is 4.45. The minimum atomic E-state index is 0.578. The van der Waals surface area contributed by atoms with Gasteiger partial charge in [-0.2, -0.15) is 0 Å². The SMILES string of the molecule is CCc1ccc(-c2ccccc2C=O)c(Nc2ncccc2N)c1. The maximum absolute atomic E-state index is 11.4. The van der Waals surface area contributed by atoms with Gasteiger partial charge in [0.05, 0.1) is 5.69 Å². The van der Waals surface area contributed by atoms with Gasteiger partial charge in [-0.05, 0) is 35.7 Å². The summed E-state index contributed by atoms with van der Waals surface area (Å²) in [6.45, 7) is 2.10. The standard InChI is InChI=1S/C20H19N3O/c1-2-14-9-10-17(16-7-4-3-6-15(16)13-24)19(12-14)23-20-18(21)8-5-11-22-20/h3-13H,2,21H2,1H3,(H,22,23). The third-order valence-corrected chi connectivity index (χ3v) is 3.96. The number of pyridine rings is 1. The molecule has 0 atom stereocenters. The van der Waals surface area contributed by atoms with Gasteiger partial charge in [-0.25, -0.2) is 4.98 Å². The molecule has 0 aliphatic carbocycles. The van der Waals surface area contributed by atoms with Gasteiger partial charge in [0.25, 0.3) is 0 Å². The Hall–Kier alpha value is -3.14. The van der Waals surface area contributed by atoms with E-state index in [9.17, 15) is 4.79 Å².